The third-order valence-electron chi connectivity index (χ3n) is 5.55. The highest BCUT2D eigenvalue weighted by molar-refractivity contribution is 5.99. The quantitative estimate of drug-likeness (QED) is 0.726. The van der Waals surface area contributed by atoms with Crippen LogP contribution in [0.15, 0.2) is 54.7 Å². The molecule has 1 aliphatic heterocycles. The van der Waals surface area contributed by atoms with Crippen molar-refractivity contribution in [2.75, 3.05) is 11.4 Å². The van der Waals surface area contributed by atoms with E-state index in [0.717, 1.165) is 33.6 Å². The number of aryl methyl sites for hydroxylation is 2. The number of carbonyl (C=O) groups is 2. The van der Waals surface area contributed by atoms with Crippen LogP contribution in [0.25, 0.3) is 11.3 Å². The van der Waals surface area contributed by atoms with Gasteiger partial charge >= 0.3 is 0 Å². The Bertz CT molecular complexity index is 1110. The van der Waals surface area contributed by atoms with Crippen LogP contribution in [0.4, 0.5) is 5.69 Å². The summed E-state index contributed by atoms with van der Waals surface area (Å²) in [5.41, 5.74) is 6.41. The average Bonchev–Trinajstić information content (AvgIpc) is 3.10. The van der Waals surface area contributed by atoms with Gasteiger partial charge < -0.3 is 10.2 Å². The standard InChI is InChI=1S/C24H24N4O2/c1-15-5-4-6-21(11-15)28-14-20(12-22(28)29)26-24(30)19-9-7-18(8-10-19)23-17(3)16(2)13-25-27-23/h4-11,13,20H,12,14H2,1-3H3,(H,26,30). The molecule has 1 atom stereocenters. The summed E-state index contributed by atoms with van der Waals surface area (Å²) in [5.74, 6) is -0.160. The number of aromatic nitrogens is 2. The Balaban J connectivity index is 1.44. The lowest BCUT2D eigenvalue weighted by molar-refractivity contribution is -0.117. The molecule has 152 valence electrons. The second-order valence-electron chi connectivity index (χ2n) is 7.80. The number of hydrogen-bond donors (Lipinski definition) is 1. The lowest BCUT2D eigenvalue weighted by atomic mass is 10.0. The van der Waals surface area contributed by atoms with Gasteiger partial charge in [0.1, 0.15) is 0 Å². The Hall–Kier alpha value is -3.54. The first-order chi connectivity index (χ1) is 14.4. The minimum absolute atomic E-state index is 0.0229. The van der Waals surface area contributed by atoms with Crippen molar-refractivity contribution in [2.45, 2.75) is 33.2 Å². The van der Waals surface area contributed by atoms with Crippen LogP contribution in [0.1, 0.15) is 33.5 Å². The maximum Gasteiger partial charge on any atom is 0.251 e. The Kier molecular flexibility index (Phi) is 5.31. The van der Waals surface area contributed by atoms with Crippen molar-refractivity contribution in [1.82, 2.24) is 15.5 Å². The fraction of sp³-hybridized carbons (Fsp3) is 0.250. The van der Waals surface area contributed by atoms with Crippen molar-refractivity contribution < 1.29 is 9.59 Å². The molecule has 2 amide bonds. The van der Waals surface area contributed by atoms with E-state index >= 15 is 0 Å². The molecule has 1 aromatic heterocycles. The Morgan fingerprint density at radius 1 is 1.10 bits per heavy atom. The molecule has 1 fully saturated rings. The monoisotopic (exact) mass is 400 g/mol. The molecule has 30 heavy (non-hydrogen) atoms. The number of anilines is 1. The zero-order valence-electron chi connectivity index (χ0n) is 17.3. The number of rotatable bonds is 4. The summed E-state index contributed by atoms with van der Waals surface area (Å²) in [6.07, 6.45) is 2.04. The number of carbonyl (C=O) groups excluding carboxylic acids is 2. The number of amides is 2. The molecule has 6 nitrogen and oxygen atoms in total. The van der Waals surface area contributed by atoms with Crippen molar-refractivity contribution in [3.8, 4) is 11.3 Å². The topological polar surface area (TPSA) is 75.2 Å². The molecule has 2 aromatic carbocycles. The molecule has 4 rings (SSSR count). The average molecular weight is 400 g/mol. The van der Waals surface area contributed by atoms with Crippen LogP contribution in [0.5, 0.6) is 0 Å². The smallest absolute Gasteiger partial charge is 0.251 e. The van der Waals surface area contributed by atoms with Gasteiger partial charge in [-0.05, 0) is 61.7 Å². The van der Waals surface area contributed by atoms with Crippen LogP contribution in [-0.2, 0) is 4.79 Å². The van der Waals surface area contributed by atoms with Gasteiger partial charge in [-0.2, -0.15) is 10.2 Å². The van der Waals surface area contributed by atoms with Gasteiger partial charge in [0.2, 0.25) is 5.91 Å². The molecule has 0 aliphatic carbocycles. The predicted molar refractivity (Wildman–Crippen MR) is 116 cm³/mol. The third kappa shape index (κ3) is 3.94. The Morgan fingerprint density at radius 2 is 1.87 bits per heavy atom. The SMILES string of the molecule is Cc1cccc(N2CC(NC(=O)c3ccc(-c4nncc(C)c4C)cc3)CC2=O)c1. The molecule has 2 heterocycles. The maximum atomic E-state index is 12.7. The Labute approximate surface area is 175 Å². The van der Waals surface area contributed by atoms with E-state index < -0.39 is 0 Å². The van der Waals surface area contributed by atoms with Crippen LogP contribution in [0.2, 0.25) is 0 Å². The summed E-state index contributed by atoms with van der Waals surface area (Å²) >= 11 is 0. The number of benzene rings is 2. The fourth-order valence-corrected chi connectivity index (χ4v) is 3.70. The molecule has 1 N–H and O–H groups in total. The lowest BCUT2D eigenvalue weighted by Crippen LogP contribution is -2.37. The van der Waals surface area contributed by atoms with E-state index in [1.807, 2.05) is 57.2 Å². The zero-order chi connectivity index (χ0) is 21.3. The molecule has 6 heteroatoms. The first-order valence-corrected chi connectivity index (χ1v) is 9.99. The second-order valence-corrected chi connectivity index (χ2v) is 7.80. The predicted octanol–water partition coefficient (Wildman–Crippen LogP) is 3.60. The van der Waals surface area contributed by atoms with Crippen molar-refractivity contribution in [2.24, 2.45) is 0 Å². The van der Waals surface area contributed by atoms with Gasteiger partial charge in [-0.25, -0.2) is 0 Å². The van der Waals surface area contributed by atoms with E-state index in [1.165, 1.54) is 0 Å². The Morgan fingerprint density at radius 3 is 2.60 bits per heavy atom. The summed E-state index contributed by atoms with van der Waals surface area (Å²) in [6.45, 7) is 6.48. The maximum absolute atomic E-state index is 12.7. The van der Waals surface area contributed by atoms with Crippen LogP contribution < -0.4 is 10.2 Å². The summed E-state index contributed by atoms with van der Waals surface area (Å²) in [4.78, 5) is 26.9. The minimum atomic E-state index is -0.213. The highest BCUT2D eigenvalue weighted by Gasteiger charge is 2.31. The summed E-state index contributed by atoms with van der Waals surface area (Å²) in [6, 6.07) is 14.9. The van der Waals surface area contributed by atoms with Crippen molar-refractivity contribution in [1.29, 1.82) is 0 Å². The van der Waals surface area contributed by atoms with Gasteiger partial charge in [-0.3, -0.25) is 9.59 Å². The fourth-order valence-electron chi connectivity index (χ4n) is 3.70. The largest absolute Gasteiger partial charge is 0.347 e. The van der Waals surface area contributed by atoms with Crippen LogP contribution in [-0.4, -0.2) is 34.6 Å². The molecule has 0 bridgehead atoms. The molecular weight excluding hydrogens is 376 g/mol. The van der Waals surface area contributed by atoms with Crippen molar-refractivity contribution >= 4 is 17.5 Å². The number of nitrogens with zero attached hydrogens (tertiary/aromatic N) is 3. The van der Waals surface area contributed by atoms with Crippen molar-refractivity contribution in [3.05, 3.63) is 77.0 Å². The van der Waals surface area contributed by atoms with Gasteiger partial charge in [0.25, 0.3) is 5.91 Å². The molecular formula is C24H24N4O2. The van der Waals surface area contributed by atoms with Gasteiger partial charge in [-0.1, -0.05) is 24.3 Å². The first kappa shape index (κ1) is 19.8. The van der Waals surface area contributed by atoms with E-state index in [4.69, 9.17) is 0 Å². The number of nitrogens with one attached hydrogen (secondary N) is 1. The van der Waals surface area contributed by atoms with Crippen LogP contribution in [0.3, 0.4) is 0 Å². The van der Waals surface area contributed by atoms with Gasteiger partial charge in [0.15, 0.2) is 0 Å². The summed E-state index contributed by atoms with van der Waals surface area (Å²) in [5, 5.41) is 11.2. The minimum Gasteiger partial charge on any atom is -0.347 e. The van der Waals surface area contributed by atoms with E-state index in [2.05, 4.69) is 15.5 Å². The van der Waals surface area contributed by atoms with E-state index in [1.54, 1.807) is 23.2 Å². The first-order valence-electron chi connectivity index (χ1n) is 9.99. The molecule has 1 saturated heterocycles. The van der Waals surface area contributed by atoms with E-state index in [-0.39, 0.29) is 17.9 Å². The molecule has 1 unspecified atom stereocenters. The highest BCUT2D eigenvalue weighted by atomic mass is 16.2. The zero-order valence-corrected chi connectivity index (χ0v) is 17.3. The van der Waals surface area contributed by atoms with Gasteiger partial charge in [-0.15, -0.1) is 0 Å². The summed E-state index contributed by atoms with van der Waals surface area (Å²) in [7, 11) is 0. The normalized spacial score (nSPS) is 16.0. The molecule has 0 spiro atoms. The van der Waals surface area contributed by atoms with E-state index in [0.29, 0.717) is 18.5 Å². The third-order valence-corrected chi connectivity index (χ3v) is 5.55. The number of hydrogen-bond acceptors (Lipinski definition) is 4. The van der Waals surface area contributed by atoms with E-state index in [9.17, 15) is 9.59 Å². The van der Waals surface area contributed by atoms with Crippen LogP contribution in [0, 0.1) is 20.8 Å². The second kappa shape index (κ2) is 8.06. The molecule has 0 saturated carbocycles. The molecule has 3 aromatic rings. The highest BCUT2D eigenvalue weighted by Crippen LogP contribution is 2.24. The lowest BCUT2D eigenvalue weighted by Gasteiger charge is -2.18. The molecule has 0 radical (unpaired) electrons. The molecule has 1 aliphatic rings. The van der Waals surface area contributed by atoms with Gasteiger partial charge in [0.05, 0.1) is 17.9 Å². The van der Waals surface area contributed by atoms with Crippen LogP contribution >= 0.6 is 0 Å². The van der Waals surface area contributed by atoms with Crippen molar-refractivity contribution in [3.63, 3.8) is 0 Å². The van der Waals surface area contributed by atoms with Gasteiger partial charge in [0, 0.05) is 29.8 Å². The summed E-state index contributed by atoms with van der Waals surface area (Å²) < 4.78 is 0.